The second-order valence-electron chi connectivity index (χ2n) is 10.1. The van der Waals surface area contributed by atoms with E-state index >= 15 is 0 Å². The number of nitrogens with zero attached hydrogens (tertiary/aromatic N) is 3. The van der Waals surface area contributed by atoms with Gasteiger partial charge < -0.3 is 15.5 Å². The molecule has 5 rings (SSSR count). The summed E-state index contributed by atoms with van der Waals surface area (Å²) in [5.74, 6) is 1.70. The molecule has 0 amide bonds. The fraction of sp³-hybridized carbons (Fsp3) is 0.355. The van der Waals surface area contributed by atoms with Crippen LogP contribution in [-0.4, -0.2) is 36.1 Å². The van der Waals surface area contributed by atoms with Crippen LogP contribution >= 0.6 is 0 Å². The van der Waals surface area contributed by atoms with Gasteiger partial charge in [-0.15, -0.1) is 0 Å². The van der Waals surface area contributed by atoms with Crippen molar-refractivity contribution in [3.05, 3.63) is 95.6 Å². The van der Waals surface area contributed by atoms with Gasteiger partial charge in [0.25, 0.3) is 0 Å². The second-order valence-corrected chi connectivity index (χ2v) is 10.1. The zero-order chi connectivity index (χ0) is 24.7. The maximum atomic E-state index is 4.83. The molecule has 3 aromatic carbocycles. The van der Waals surface area contributed by atoms with E-state index in [0.29, 0.717) is 12.1 Å². The number of fused-ring (bicyclic) bond motifs is 1. The van der Waals surface area contributed by atoms with Crippen molar-refractivity contribution in [3.63, 3.8) is 0 Å². The van der Waals surface area contributed by atoms with E-state index in [1.54, 1.807) is 0 Å². The van der Waals surface area contributed by atoms with Gasteiger partial charge in [-0.05, 0) is 67.3 Å². The van der Waals surface area contributed by atoms with Gasteiger partial charge in [-0.2, -0.15) is 4.98 Å². The fourth-order valence-electron chi connectivity index (χ4n) is 5.24. The predicted molar refractivity (Wildman–Crippen MR) is 151 cm³/mol. The highest BCUT2D eigenvalue weighted by Gasteiger charge is 2.22. The van der Waals surface area contributed by atoms with Crippen molar-refractivity contribution in [1.29, 1.82) is 0 Å². The van der Waals surface area contributed by atoms with E-state index < -0.39 is 0 Å². The molecule has 0 atom stereocenters. The normalized spacial score (nSPS) is 17.7. The summed E-state index contributed by atoms with van der Waals surface area (Å²) in [6.45, 7) is 0.938. The molecule has 1 saturated carbocycles. The van der Waals surface area contributed by atoms with Crippen LogP contribution in [0.5, 0.6) is 0 Å². The van der Waals surface area contributed by atoms with E-state index in [4.69, 9.17) is 9.97 Å². The van der Waals surface area contributed by atoms with Gasteiger partial charge in [0.1, 0.15) is 5.82 Å². The summed E-state index contributed by atoms with van der Waals surface area (Å²) in [5, 5.41) is 8.56. The lowest BCUT2D eigenvalue weighted by Crippen LogP contribution is -2.37. The molecule has 1 heterocycles. The summed E-state index contributed by atoms with van der Waals surface area (Å²) in [6, 6.07) is 28.9. The molecular formula is C31H37N5. The molecule has 0 aliphatic heterocycles. The van der Waals surface area contributed by atoms with Crippen molar-refractivity contribution in [2.75, 3.05) is 24.3 Å². The Balaban J connectivity index is 1.14. The van der Waals surface area contributed by atoms with E-state index in [9.17, 15) is 0 Å². The molecule has 5 nitrogen and oxygen atoms in total. The van der Waals surface area contributed by atoms with Crippen LogP contribution in [0.4, 0.5) is 11.8 Å². The van der Waals surface area contributed by atoms with Crippen molar-refractivity contribution >= 4 is 22.7 Å². The Bertz CT molecular complexity index is 1260. The van der Waals surface area contributed by atoms with E-state index in [-0.39, 0.29) is 0 Å². The molecule has 1 fully saturated rings. The molecule has 2 N–H and O–H groups in total. The Morgan fingerprint density at radius 3 is 2.17 bits per heavy atom. The first-order valence-electron chi connectivity index (χ1n) is 13.2. The molecule has 0 saturated heterocycles. The first-order chi connectivity index (χ1) is 17.7. The number of hydrogen-bond donors (Lipinski definition) is 2. The maximum absolute atomic E-state index is 4.83. The highest BCUT2D eigenvalue weighted by molar-refractivity contribution is 5.90. The van der Waals surface area contributed by atoms with Crippen molar-refractivity contribution in [2.24, 2.45) is 0 Å². The quantitative estimate of drug-likeness (QED) is 0.309. The van der Waals surface area contributed by atoms with Gasteiger partial charge in [0.15, 0.2) is 0 Å². The highest BCUT2D eigenvalue weighted by atomic mass is 15.2. The third kappa shape index (κ3) is 6.03. The van der Waals surface area contributed by atoms with E-state index in [2.05, 4.69) is 82.3 Å². The smallest absolute Gasteiger partial charge is 0.225 e. The Hall–Kier alpha value is -3.44. The SMILES string of the molecule is CN(C)c1nc(NC2CCC(NCc3ccccc3CCc3ccccc3)CC2)nc2ccccc12. The average molecular weight is 480 g/mol. The van der Waals surface area contributed by atoms with Crippen LogP contribution in [0.15, 0.2) is 78.9 Å². The van der Waals surface area contributed by atoms with Crippen LogP contribution in [0.3, 0.4) is 0 Å². The summed E-state index contributed by atoms with van der Waals surface area (Å²) in [5.41, 5.74) is 5.27. The first-order valence-corrected chi connectivity index (χ1v) is 13.2. The molecule has 1 aromatic heterocycles. The Kier molecular flexibility index (Phi) is 7.77. The molecule has 0 unspecified atom stereocenters. The second kappa shape index (κ2) is 11.5. The van der Waals surface area contributed by atoms with Crippen molar-refractivity contribution < 1.29 is 0 Å². The van der Waals surface area contributed by atoms with Gasteiger partial charge in [0.2, 0.25) is 5.95 Å². The van der Waals surface area contributed by atoms with Gasteiger partial charge in [-0.1, -0.05) is 66.7 Å². The minimum Gasteiger partial charge on any atom is -0.362 e. The topological polar surface area (TPSA) is 53.1 Å². The molecule has 4 aromatic rings. The lowest BCUT2D eigenvalue weighted by atomic mass is 9.91. The summed E-state index contributed by atoms with van der Waals surface area (Å²) < 4.78 is 0. The predicted octanol–water partition coefficient (Wildman–Crippen LogP) is 5.99. The van der Waals surface area contributed by atoms with Crippen LogP contribution in [0.1, 0.15) is 42.4 Å². The molecule has 0 spiro atoms. The number of para-hydroxylation sites is 1. The van der Waals surface area contributed by atoms with E-state index in [1.807, 2.05) is 26.2 Å². The third-order valence-corrected chi connectivity index (χ3v) is 7.29. The van der Waals surface area contributed by atoms with Gasteiger partial charge in [-0.3, -0.25) is 0 Å². The highest BCUT2D eigenvalue weighted by Crippen LogP contribution is 2.26. The van der Waals surface area contributed by atoms with Crippen molar-refractivity contribution in [2.45, 2.75) is 57.2 Å². The van der Waals surface area contributed by atoms with Crippen LogP contribution in [-0.2, 0) is 19.4 Å². The lowest BCUT2D eigenvalue weighted by molar-refractivity contribution is 0.352. The number of hydrogen-bond acceptors (Lipinski definition) is 5. The minimum absolute atomic E-state index is 0.414. The molecule has 0 bridgehead atoms. The van der Waals surface area contributed by atoms with Crippen LogP contribution in [0.25, 0.3) is 10.9 Å². The standard InChI is InChI=1S/C31H37N5/c1-36(2)30-28-14-8-9-15-29(28)34-31(35-30)33-27-20-18-26(19-21-27)32-22-25-13-7-6-12-24(25)17-16-23-10-4-3-5-11-23/h3-15,26-27,32H,16-22H2,1-2H3,(H,33,34,35). The number of nitrogens with one attached hydrogen (secondary N) is 2. The molecule has 186 valence electrons. The Morgan fingerprint density at radius 2 is 1.39 bits per heavy atom. The monoisotopic (exact) mass is 479 g/mol. The summed E-state index contributed by atoms with van der Waals surface area (Å²) >= 11 is 0. The molecule has 1 aliphatic rings. The van der Waals surface area contributed by atoms with E-state index in [0.717, 1.165) is 67.7 Å². The minimum atomic E-state index is 0.414. The summed E-state index contributed by atoms with van der Waals surface area (Å²) in [7, 11) is 4.07. The largest absolute Gasteiger partial charge is 0.362 e. The van der Waals surface area contributed by atoms with Crippen LogP contribution in [0, 0.1) is 0 Å². The first kappa shape index (κ1) is 24.3. The molecule has 0 radical (unpaired) electrons. The maximum Gasteiger partial charge on any atom is 0.225 e. The number of rotatable bonds is 9. The number of anilines is 2. The molecule has 1 aliphatic carbocycles. The van der Waals surface area contributed by atoms with Crippen LogP contribution < -0.4 is 15.5 Å². The molecule has 36 heavy (non-hydrogen) atoms. The molecule has 5 heteroatoms. The zero-order valence-corrected chi connectivity index (χ0v) is 21.5. The number of benzene rings is 3. The Morgan fingerprint density at radius 1 is 0.722 bits per heavy atom. The zero-order valence-electron chi connectivity index (χ0n) is 21.5. The van der Waals surface area contributed by atoms with Gasteiger partial charge in [0.05, 0.1) is 5.52 Å². The molecular weight excluding hydrogens is 442 g/mol. The third-order valence-electron chi connectivity index (χ3n) is 7.29. The van der Waals surface area contributed by atoms with Crippen molar-refractivity contribution in [3.8, 4) is 0 Å². The number of aromatic nitrogens is 2. The van der Waals surface area contributed by atoms with Gasteiger partial charge in [-0.25, -0.2) is 4.98 Å². The summed E-state index contributed by atoms with van der Waals surface area (Å²) in [6.07, 6.45) is 6.75. The van der Waals surface area contributed by atoms with Crippen LogP contribution in [0.2, 0.25) is 0 Å². The van der Waals surface area contributed by atoms with Gasteiger partial charge in [0, 0.05) is 38.1 Å². The van der Waals surface area contributed by atoms with Gasteiger partial charge >= 0.3 is 0 Å². The number of aryl methyl sites for hydroxylation is 2. The van der Waals surface area contributed by atoms with Crippen molar-refractivity contribution in [1.82, 2.24) is 15.3 Å². The fourth-order valence-corrected chi connectivity index (χ4v) is 5.24. The average Bonchev–Trinajstić information content (AvgIpc) is 2.92. The van der Waals surface area contributed by atoms with E-state index in [1.165, 1.54) is 16.7 Å². The Labute approximate surface area is 215 Å². The lowest BCUT2D eigenvalue weighted by Gasteiger charge is -2.30. The summed E-state index contributed by atoms with van der Waals surface area (Å²) in [4.78, 5) is 11.7.